The number of benzene rings is 2. The largest absolute Gasteiger partial charge is 0.338 e. The molecule has 0 unspecified atom stereocenters. The topological polar surface area (TPSA) is 49.4 Å². The maximum absolute atomic E-state index is 13.9. The average Bonchev–Trinajstić information content (AvgIpc) is 2.63. The van der Waals surface area contributed by atoms with Gasteiger partial charge in [0, 0.05) is 24.7 Å². The smallest absolute Gasteiger partial charge is 0.258 e. The molecule has 4 nitrogen and oxygen atoms in total. The highest BCUT2D eigenvalue weighted by molar-refractivity contribution is 6.33. The van der Waals surface area contributed by atoms with Gasteiger partial charge in [-0.25, -0.2) is 4.39 Å². The molecule has 6 heteroatoms. The zero-order valence-corrected chi connectivity index (χ0v) is 15.2. The van der Waals surface area contributed by atoms with Crippen LogP contribution in [0.3, 0.4) is 0 Å². The van der Waals surface area contributed by atoms with Crippen molar-refractivity contribution in [2.45, 2.75) is 19.8 Å². The van der Waals surface area contributed by atoms with Crippen molar-refractivity contribution in [3.8, 4) is 0 Å². The van der Waals surface area contributed by atoms with Crippen LogP contribution >= 0.6 is 11.6 Å². The molecule has 0 saturated carbocycles. The lowest BCUT2D eigenvalue weighted by Gasteiger charge is -2.31. The van der Waals surface area contributed by atoms with E-state index in [1.165, 1.54) is 18.2 Å². The highest BCUT2D eigenvalue weighted by Gasteiger charge is 2.30. The number of rotatable bonds is 3. The SMILES string of the molecule is Cc1ccccc1NC(=O)C1CCN(C(=O)c2c(F)cccc2Cl)CC1. The van der Waals surface area contributed by atoms with Crippen molar-refractivity contribution in [2.24, 2.45) is 5.92 Å². The number of nitrogens with one attached hydrogen (secondary N) is 1. The van der Waals surface area contributed by atoms with E-state index in [0.29, 0.717) is 25.9 Å². The number of hydrogen-bond acceptors (Lipinski definition) is 2. The Kier molecular flexibility index (Phi) is 5.57. The van der Waals surface area contributed by atoms with Crippen LogP contribution in [-0.4, -0.2) is 29.8 Å². The van der Waals surface area contributed by atoms with E-state index in [0.717, 1.165) is 11.3 Å². The summed E-state index contributed by atoms with van der Waals surface area (Å²) in [6, 6.07) is 11.8. The van der Waals surface area contributed by atoms with Crippen molar-refractivity contribution >= 4 is 29.1 Å². The minimum Gasteiger partial charge on any atom is -0.338 e. The lowest BCUT2D eigenvalue weighted by Crippen LogP contribution is -2.41. The van der Waals surface area contributed by atoms with Gasteiger partial charge in [-0.3, -0.25) is 9.59 Å². The maximum Gasteiger partial charge on any atom is 0.258 e. The Hall–Kier alpha value is -2.40. The molecule has 1 saturated heterocycles. The third-order valence-electron chi connectivity index (χ3n) is 4.73. The van der Waals surface area contributed by atoms with Gasteiger partial charge in [0.25, 0.3) is 5.91 Å². The summed E-state index contributed by atoms with van der Waals surface area (Å²) in [6.45, 7) is 2.74. The number of piperidine rings is 1. The lowest BCUT2D eigenvalue weighted by molar-refractivity contribution is -0.121. The van der Waals surface area contributed by atoms with Gasteiger partial charge in [0.05, 0.1) is 10.6 Å². The minimum atomic E-state index is -0.623. The minimum absolute atomic E-state index is 0.0460. The second-order valence-electron chi connectivity index (χ2n) is 6.47. The third kappa shape index (κ3) is 3.88. The number of anilines is 1. The van der Waals surface area contributed by atoms with E-state index >= 15 is 0 Å². The first-order chi connectivity index (χ1) is 12.5. The van der Waals surface area contributed by atoms with Gasteiger partial charge in [0.1, 0.15) is 5.82 Å². The number of aryl methyl sites for hydroxylation is 1. The van der Waals surface area contributed by atoms with E-state index in [9.17, 15) is 14.0 Å². The summed E-state index contributed by atoms with van der Waals surface area (Å²) >= 11 is 5.98. The second-order valence-corrected chi connectivity index (χ2v) is 6.87. The molecule has 0 radical (unpaired) electrons. The summed E-state index contributed by atoms with van der Waals surface area (Å²) in [6.07, 6.45) is 1.07. The van der Waals surface area contributed by atoms with Gasteiger partial charge in [-0.1, -0.05) is 35.9 Å². The van der Waals surface area contributed by atoms with Gasteiger partial charge in [-0.15, -0.1) is 0 Å². The molecule has 1 N–H and O–H groups in total. The van der Waals surface area contributed by atoms with Gasteiger partial charge in [-0.05, 0) is 43.5 Å². The van der Waals surface area contributed by atoms with Gasteiger partial charge in [0.2, 0.25) is 5.91 Å². The molecule has 2 amide bonds. The quantitative estimate of drug-likeness (QED) is 0.871. The Morgan fingerprint density at radius 1 is 1.12 bits per heavy atom. The van der Waals surface area contributed by atoms with E-state index in [4.69, 9.17) is 11.6 Å². The van der Waals surface area contributed by atoms with Gasteiger partial charge >= 0.3 is 0 Å². The summed E-state index contributed by atoms with van der Waals surface area (Å²) in [5.41, 5.74) is 1.70. The molecule has 0 aliphatic carbocycles. The molecule has 0 bridgehead atoms. The summed E-state index contributed by atoms with van der Waals surface area (Å²) in [7, 11) is 0. The Morgan fingerprint density at radius 2 is 1.81 bits per heavy atom. The third-order valence-corrected chi connectivity index (χ3v) is 5.05. The molecule has 0 spiro atoms. The van der Waals surface area contributed by atoms with Crippen LogP contribution < -0.4 is 5.32 Å². The van der Waals surface area contributed by atoms with Crippen molar-refractivity contribution in [1.29, 1.82) is 0 Å². The maximum atomic E-state index is 13.9. The van der Waals surface area contributed by atoms with E-state index in [-0.39, 0.29) is 22.4 Å². The predicted octanol–water partition coefficient (Wildman–Crippen LogP) is 4.28. The first kappa shape index (κ1) is 18.4. The number of hydrogen-bond donors (Lipinski definition) is 1. The van der Waals surface area contributed by atoms with Crippen LogP contribution in [0.15, 0.2) is 42.5 Å². The second kappa shape index (κ2) is 7.87. The molecule has 2 aromatic rings. The normalized spacial score (nSPS) is 15.0. The van der Waals surface area contributed by atoms with E-state index in [1.54, 1.807) is 4.90 Å². The molecular weight excluding hydrogens is 355 g/mol. The first-order valence-corrected chi connectivity index (χ1v) is 8.95. The first-order valence-electron chi connectivity index (χ1n) is 8.57. The fourth-order valence-electron chi connectivity index (χ4n) is 3.15. The van der Waals surface area contributed by atoms with Crippen LogP contribution in [0.1, 0.15) is 28.8 Å². The molecule has 136 valence electrons. The zero-order valence-electron chi connectivity index (χ0n) is 14.5. The number of carbonyl (C=O) groups is 2. The van der Waals surface area contributed by atoms with Crippen molar-refractivity contribution < 1.29 is 14.0 Å². The molecule has 1 heterocycles. The molecule has 0 aromatic heterocycles. The summed E-state index contributed by atoms with van der Waals surface area (Å²) < 4.78 is 13.9. The number of amides is 2. The lowest BCUT2D eigenvalue weighted by atomic mass is 9.95. The number of nitrogens with zero attached hydrogens (tertiary/aromatic N) is 1. The molecule has 3 rings (SSSR count). The number of carbonyl (C=O) groups excluding carboxylic acids is 2. The highest BCUT2D eigenvalue weighted by Crippen LogP contribution is 2.25. The fraction of sp³-hybridized carbons (Fsp3) is 0.300. The van der Waals surface area contributed by atoms with Crippen LogP contribution in [0, 0.1) is 18.7 Å². The van der Waals surface area contributed by atoms with Crippen LogP contribution in [0.5, 0.6) is 0 Å². The molecular formula is C20H20ClFN2O2. The monoisotopic (exact) mass is 374 g/mol. The Labute approximate surface area is 157 Å². The van der Waals surface area contributed by atoms with Crippen molar-refractivity contribution in [1.82, 2.24) is 4.90 Å². The summed E-state index contributed by atoms with van der Waals surface area (Å²) in [4.78, 5) is 26.6. The predicted molar refractivity (Wildman–Crippen MR) is 99.8 cm³/mol. The highest BCUT2D eigenvalue weighted by atomic mass is 35.5. The zero-order chi connectivity index (χ0) is 18.7. The van der Waals surface area contributed by atoms with Gasteiger partial charge in [-0.2, -0.15) is 0 Å². The van der Waals surface area contributed by atoms with Crippen LogP contribution in [0.25, 0.3) is 0 Å². The van der Waals surface area contributed by atoms with E-state index in [2.05, 4.69) is 5.32 Å². The summed E-state index contributed by atoms with van der Waals surface area (Å²) in [5.74, 6) is -1.27. The Morgan fingerprint density at radius 3 is 2.46 bits per heavy atom. The Bertz CT molecular complexity index is 812. The van der Waals surface area contributed by atoms with E-state index < -0.39 is 11.7 Å². The molecule has 26 heavy (non-hydrogen) atoms. The number of halogens is 2. The van der Waals surface area contributed by atoms with E-state index in [1.807, 2.05) is 31.2 Å². The van der Waals surface area contributed by atoms with Crippen LogP contribution in [-0.2, 0) is 4.79 Å². The van der Waals surface area contributed by atoms with Gasteiger partial charge in [0.15, 0.2) is 0 Å². The molecule has 1 aliphatic rings. The van der Waals surface area contributed by atoms with Crippen molar-refractivity contribution in [3.05, 3.63) is 64.4 Å². The number of likely N-dealkylation sites (tertiary alicyclic amines) is 1. The van der Waals surface area contributed by atoms with Crippen LogP contribution in [0.4, 0.5) is 10.1 Å². The molecule has 1 fully saturated rings. The van der Waals surface area contributed by atoms with Crippen LogP contribution in [0.2, 0.25) is 5.02 Å². The van der Waals surface area contributed by atoms with Crippen molar-refractivity contribution in [2.75, 3.05) is 18.4 Å². The molecule has 2 aromatic carbocycles. The fourth-order valence-corrected chi connectivity index (χ4v) is 3.40. The molecule has 0 atom stereocenters. The van der Waals surface area contributed by atoms with Gasteiger partial charge < -0.3 is 10.2 Å². The van der Waals surface area contributed by atoms with Crippen molar-refractivity contribution in [3.63, 3.8) is 0 Å². The average molecular weight is 375 g/mol. The number of para-hydroxylation sites is 1. The molecule has 1 aliphatic heterocycles. The standard InChI is InChI=1S/C20H20ClFN2O2/c1-13-5-2-3-8-17(13)23-19(25)14-9-11-24(12-10-14)20(26)18-15(21)6-4-7-16(18)22/h2-8,14H,9-12H2,1H3,(H,23,25). The Balaban J connectivity index is 1.61. The summed E-state index contributed by atoms with van der Waals surface area (Å²) in [5, 5.41) is 3.06.